The molecule has 1 aromatic rings. The fourth-order valence-corrected chi connectivity index (χ4v) is 1.87. The number of rotatable bonds is 6. The van der Waals surface area contributed by atoms with Crippen LogP contribution >= 0.6 is 0 Å². The minimum absolute atomic E-state index is 0.0852. The Hall–Kier alpha value is -1.88. The van der Waals surface area contributed by atoms with Crippen LogP contribution in [0.25, 0.3) is 0 Å². The van der Waals surface area contributed by atoms with E-state index in [2.05, 4.69) is 0 Å². The molecule has 0 aliphatic rings. The fourth-order valence-electron chi connectivity index (χ4n) is 1.87. The van der Waals surface area contributed by atoms with Crippen LogP contribution in [-0.2, 0) is 15.2 Å². The third-order valence-corrected chi connectivity index (χ3v) is 2.97. The summed E-state index contributed by atoms with van der Waals surface area (Å²) in [5, 5.41) is 10.4. The monoisotopic (exact) mass is 264 g/mol. The normalized spacial score (nSPS) is 13.6. The summed E-state index contributed by atoms with van der Waals surface area (Å²) in [6, 6.07) is 8.96. The van der Waals surface area contributed by atoms with Crippen molar-refractivity contribution in [3.05, 3.63) is 35.9 Å². The predicted molar refractivity (Wildman–Crippen MR) is 72.1 cm³/mol. The van der Waals surface area contributed by atoms with E-state index < -0.39 is 11.5 Å². The minimum atomic E-state index is -1.26. The molecule has 0 unspecified atom stereocenters. The van der Waals surface area contributed by atoms with Crippen LogP contribution in [0, 0.1) is 0 Å². The molecule has 104 valence electrons. The third kappa shape index (κ3) is 4.37. The number of likely N-dealkylation sites (N-methyl/N-ethyl adjacent to an activating group) is 1. The van der Waals surface area contributed by atoms with Gasteiger partial charge >= 0.3 is 0 Å². The fraction of sp³-hybridized carbons (Fsp3) is 0.429. The first-order valence-corrected chi connectivity index (χ1v) is 6.21. The molecule has 0 aromatic heterocycles. The molecule has 5 heteroatoms. The zero-order chi connectivity index (χ0) is 14.5. The van der Waals surface area contributed by atoms with Crippen LogP contribution in [0.5, 0.6) is 0 Å². The maximum absolute atomic E-state index is 12.1. The molecular weight excluding hydrogens is 244 g/mol. The largest absolute Gasteiger partial charge is 0.385 e. The average molecular weight is 264 g/mol. The number of nitrogens with zero attached hydrogens (tertiary/aromatic N) is 1. The molecule has 2 amide bonds. The van der Waals surface area contributed by atoms with Gasteiger partial charge in [-0.3, -0.25) is 9.59 Å². The standard InChI is InChI=1S/C14H20N2O3/c1-3-16(10-12(15)17)13(18)9-14(2,19)11-7-5-4-6-8-11/h4-8,19H,3,9-10H2,1-2H3,(H2,15,17)/t14-/m0/s1. The highest BCUT2D eigenvalue weighted by Crippen LogP contribution is 2.24. The summed E-state index contributed by atoms with van der Waals surface area (Å²) in [6.07, 6.45) is -0.0852. The topological polar surface area (TPSA) is 83.6 Å². The highest BCUT2D eigenvalue weighted by molar-refractivity contribution is 5.84. The summed E-state index contributed by atoms with van der Waals surface area (Å²) in [7, 11) is 0. The van der Waals surface area contributed by atoms with Crippen molar-refractivity contribution in [2.45, 2.75) is 25.9 Å². The first-order chi connectivity index (χ1) is 8.86. The Morgan fingerprint density at radius 1 is 1.32 bits per heavy atom. The van der Waals surface area contributed by atoms with Gasteiger partial charge in [0.1, 0.15) is 0 Å². The molecule has 1 aromatic carbocycles. The van der Waals surface area contributed by atoms with Crippen LogP contribution in [-0.4, -0.2) is 34.9 Å². The highest BCUT2D eigenvalue weighted by Gasteiger charge is 2.28. The quantitative estimate of drug-likeness (QED) is 0.790. The molecule has 5 nitrogen and oxygen atoms in total. The molecule has 0 spiro atoms. The van der Waals surface area contributed by atoms with Crippen molar-refractivity contribution in [3.63, 3.8) is 0 Å². The Morgan fingerprint density at radius 3 is 2.37 bits per heavy atom. The SMILES string of the molecule is CCN(CC(N)=O)C(=O)C[C@](C)(O)c1ccccc1. The van der Waals surface area contributed by atoms with Gasteiger partial charge in [-0.25, -0.2) is 0 Å². The van der Waals surface area contributed by atoms with Gasteiger partial charge in [0.05, 0.1) is 18.6 Å². The number of aliphatic hydroxyl groups is 1. The van der Waals surface area contributed by atoms with Gasteiger partial charge in [-0.05, 0) is 19.4 Å². The molecule has 0 bridgehead atoms. The molecular formula is C14H20N2O3. The Labute approximate surface area is 113 Å². The van der Waals surface area contributed by atoms with Gasteiger partial charge in [-0.1, -0.05) is 30.3 Å². The molecule has 1 rings (SSSR count). The number of amides is 2. The molecule has 0 heterocycles. The van der Waals surface area contributed by atoms with Gasteiger partial charge in [0.25, 0.3) is 0 Å². The maximum Gasteiger partial charge on any atom is 0.237 e. The smallest absolute Gasteiger partial charge is 0.237 e. The summed E-state index contributed by atoms with van der Waals surface area (Å²) in [5.41, 5.74) is 4.49. The molecule has 3 N–H and O–H groups in total. The number of hydrogen-bond donors (Lipinski definition) is 2. The molecule has 1 atom stereocenters. The highest BCUT2D eigenvalue weighted by atomic mass is 16.3. The van der Waals surface area contributed by atoms with Crippen LogP contribution in [0.1, 0.15) is 25.8 Å². The second kappa shape index (κ2) is 6.33. The maximum atomic E-state index is 12.1. The molecule has 0 radical (unpaired) electrons. The van der Waals surface area contributed by atoms with E-state index in [0.717, 1.165) is 0 Å². The van der Waals surface area contributed by atoms with Crippen molar-refractivity contribution >= 4 is 11.8 Å². The number of nitrogens with two attached hydrogens (primary N) is 1. The molecule has 0 aliphatic heterocycles. The van der Waals surface area contributed by atoms with Crippen LogP contribution in [0.15, 0.2) is 30.3 Å². The van der Waals surface area contributed by atoms with Gasteiger partial charge in [0, 0.05) is 6.54 Å². The van der Waals surface area contributed by atoms with E-state index in [0.29, 0.717) is 12.1 Å². The van der Waals surface area contributed by atoms with E-state index >= 15 is 0 Å². The lowest BCUT2D eigenvalue weighted by molar-refractivity contribution is -0.139. The summed E-state index contributed by atoms with van der Waals surface area (Å²) >= 11 is 0. The van der Waals surface area contributed by atoms with E-state index in [1.165, 1.54) is 4.90 Å². The van der Waals surface area contributed by atoms with E-state index in [1.807, 2.05) is 6.07 Å². The van der Waals surface area contributed by atoms with Crippen molar-refractivity contribution in [2.24, 2.45) is 5.73 Å². The van der Waals surface area contributed by atoms with E-state index in [4.69, 9.17) is 5.73 Å². The van der Waals surface area contributed by atoms with Gasteiger partial charge < -0.3 is 15.7 Å². The molecule has 0 saturated carbocycles. The summed E-state index contributed by atoms with van der Waals surface area (Å²) in [4.78, 5) is 24.3. The number of benzene rings is 1. The van der Waals surface area contributed by atoms with E-state index in [1.54, 1.807) is 38.1 Å². The Balaban J connectivity index is 2.77. The van der Waals surface area contributed by atoms with Crippen molar-refractivity contribution in [1.29, 1.82) is 0 Å². The van der Waals surface area contributed by atoms with Crippen LogP contribution < -0.4 is 5.73 Å². The zero-order valence-electron chi connectivity index (χ0n) is 11.3. The third-order valence-electron chi connectivity index (χ3n) is 2.97. The van der Waals surface area contributed by atoms with Crippen molar-refractivity contribution in [2.75, 3.05) is 13.1 Å². The zero-order valence-corrected chi connectivity index (χ0v) is 11.3. The lowest BCUT2D eigenvalue weighted by atomic mass is 9.92. The Bertz CT molecular complexity index is 443. The average Bonchev–Trinajstić information content (AvgIpc) is 2.36. The second-order valence-electron chi connectivity index (χ2n) is 4.69. The van der Waals surface area contributed by atoms with E-state index in [-0.39, 0.29) is 18.9 Å². The molecule has 0 aliphatic carbocycles. The van der Waals surface area contributed by atoms with Crippen LogP contribution in [0.4, 0.5) is 0 Å². The van der Waals surface area contributed by atoms with Crippen LogP contribution in [0.3, 0.4) is 0 Å². The second-order valence-corrected chi connectivity index (χ2v) is 4.69. The van der Waals surface area contributed by atoms with E-state index in [9.17, 15) is 14.7 Å². The number of carbonyl (C=O) groups excluding carboxylic acids is 2. The summed E-state index contributed by atoms with van der Waals surface area (Å²) in [6.45, 7) is 3.60. The lowest BCUT2D eigenvalue weighted by Crippen LogP contribution is -2.41. The van der Waals surface area contributed by atoms with Crippen molar-refractivity contribution < 1.29 is 14.7 Å². The van der Waals surface area contributed by atoms with Crippen LogP contribution in [0.2, 0.25) is 0 Å². The predicted octanol–water partition coefficient (Wildman–Crippen LogP) is 0.618. The van der Waals surface area contributed by atoms with Gasteiger partial charge in [0.15, 0.2) is 0 Å². The lowest BCUT2D eigenvalue weighted by Gasteiger charge is -2.27. The molecule has 0 fully saturated rings. The first-order valence-electron chi connectivity index (χ1n) is 6.21. The number of hydrogen-bond acceptors (Lipinski definition) is 3. The number of primary amides is 1. The van der Waals surface area contributed by atoms with Gasteiger partial charge in [-0.15, -0.1) is 0 Å². The molecule has 0 saturated heterocycles. The first kappa shape index (κ1) is 15.2. The van der Waals surface area contributed by atoms with Crippen molar-refractivity contribution in [3.8, 4) is 0 Å². The summed E-state index contributed by atoms with van der Waals surface area (Å²) < 4.78 is 0. The minimum Gasteiger partial charge on any atom is -0.385 e. The Kier molecular flexibility index (Phi) is 5.06. The van der Waals surface area contributed by atoms with Gasteiger partial charge in [-0.2, -0.15) is 0 Å². The van der Waals surface area contributed by atoms with Gasteiger partial charge in [0.2, 0.25) is 11.8 Å². The molecule has 19 heavy (non-hydrogen) atoms. The number of carbonyl (C=O) groups is 2. The van der Waals surface area contributed by atoms with Crippen molar-refractivity contribution in [1.82, 2.24) is 4.90 Å². The summed E-state index contributed by atoms with van der Waals surface area (Å²) in [5.74, 6) is -0.857. The Morgan fingerprint density at radius 2 is 1.89 bits per heavy atom.